The molecule has 106 valence electrons. The van der Waals surface area contributed by atoms with Crippen molar-refractivity contribution in [1.82, 2.24) is 9.97 Å². The SMILES string of the molecule is O=[N+]([O-])c1ccc(NCc2c[nH]c3ncccc23)cc1F. The number of benzene rings is 1. The number of hydrogen-bond acceptors (Lipinski definition) is 4. The van der Waals surface area contributed by atoms with Crippen LogP contribution in [0.5, 0.6) is 0 Å². The van der Waals surface area contributed by atoms with Crippen molar-refractivity contribution in [2.45, 2.75) is 6.54 Å². The smallest absolute Gasteiger partial charge is 0.304 e. The van der Waals surface area contributed by atoms with Crippen LogP contribution >= 0.6 is 0 Å². The third-order valence-corrected chi connectivity index (χ3v) is 3.16. The first-order valence-electron chi connectivity index (χ1n) is 6.24. The number of nitro groups is 1. The number of aromatic amines is 1. The van der Waals surface area contributed by atoms with E-state index in [1.54, 1.807) is 6.20 Å². The van der Waals surface area contributed by atoms with Crippen LogP contribution in [-0.4, -0.2) is 14.9 Å². The monoisotopic (exact) mass is 286 g/mol. The Morgan fingerprint density at radius 2 is 2.24 bits per heavy atom. The Labute approximate surface area is 118 Å². The molecule has 0 saturated carbocycles. The lowest BCUT2D eigenvalue weighted by atomic mass is 10.2. The summed E-state index contributed by atoms with van der Waals surface area (Å²) in [7, 11) is 0. The van der Waals surface area contributed by atoms with Gasteiger partial charge in [-0.25, -0.2) is 4.98 Å². The number of anilines is 1. The maximum absolute atomic E-state index is 13.5. The maximum Gasteiger partial charge on any atom is 0.304 e. The first-order valence-corrected chi connectivity index (χ1v) is 6.24. The predicted molar refractivity (Wildman–Crippen MR) is 76.5 cm³/mol. The summed E-state index contributed by atoms with van der Waals surface area (Å²) in [6.07, 6.45) is 3.52. The fraction of sp³-hybridized carbons (Fsp3) is 0.0714. The minimum atomic E-state index is -0.856. The summed E-state index contributed by atoms with van der Waals surface area (Å²) in [5.41, 5.74) is 1.72. The van der Waals surface area contributed by atoms with Gasteiger partial charge in [0.1, 0.15) is 5.65 Å². The lowest BCUT2D eigenvalue weighted by molar-refractivity contribution is -0.387. The van der Waals surface area contributed by atoms with Gasteiger partial charge in [0.05, 0.1) is 4.92 Å². The van der Waals surface area contributed by atoms with Crippen LogP contribution in [-0.2, 0) is 6.54 Å². The largest absolute Gasteiger partial charge is 0.381 e. The Hall–Kier alpha value is -2.96. The van der Waals surface area contributed by atoms with Crippen molar-refractivity contribution < 1.29 is 9.31 Å². The zero-order valence-corrected chi connectivity index (χ0v) is 10.8. The van der Waals surface area contributed by atoms with Crippen LogP contribution in [0.2, 0.25) is 0 Å². The van der Waals surface area contributed by atoms with Crippen molar-refractivity contribution in [3.8, 4) is 0 Å². The molecule has 0 aliphatic heterocycles. The van der Waals surface area contributed by atoms with Gasteiger partial charge in [0, 0.05) is 42.1 Å². The van der Waals surface area contributed by atoms with Crippen molar-refractivity contribution in [2.24, 2.45) is 0 Å². The average Bonchev–Trinajstić information content (AvgIpc) is 2.88. The lowest BCUT2D eigenvalue weighted by Crippen LogP contribution is -2.00. The van der Waals surface area contributed by atoms with E-state index in [0.29, 0.717) is 12.2 Å². The summed E-state index contributed by atoms with van der Waals surface area (Å²) in [5, 5.41) is 14.6. The zero-order chi connectivity index (χ0) is 14.8. The van der Waals surface area contributed by atoms with Gasteiger partial charge in [-0.2, -0.15) is 4.39 Å². The number of aromatic nitrogens is 2. The lowest BCUT2D eigenvalue weighted by Gasteiger charge is -2.05. The van der Waals surface area contributed by atoms with E-state index in [1.165, 1.54) is 6.07 Å². The van der Waals surface area contributed by atoms with Crippen molar-refractivity contribution in [2.75, 3.05) is 5.32 Å². The molecule has 0 atom stereocenters. The predicted octanol–water partition coefficient (Wildman–Crippen LogP) is 3.22. The number of nitro benzene ring substituents is 1. The van der Waals surface area contributed by atoms with Gasteiger partial charge in [-0.3, -0.25) is 10.1 Å². The van der Waals surface area contributed by atoms with Gasteiger partial charge in [0.2, 0.25) is 5.82 Å². The van der Waals surface area contributed by atoms with E-state index in [1.807, 2.05) is 18.3 Å². The molecule has 2 N–H and O–H groups in total. The van der Waals surface area contributed by atoms with Crippen LogP contribution in [0.4, 0.5) is 15.8 Å². The molecule has 0 saturated heterocycles. The topological polar surface area (TPSA) is 83.9 Å². The molecular weight excluding hydrogens is 275 g/mol. The highest BCUT2D eigenvalue weighted by atomic mass is 19.1. The summed E-state index contributed by atoms with van der Waals surface area (Å²) in [5.74, 6) is -0.856. The highest BCUT2D eigenvalue weighted by molar-refractivity contribution is 5.79. The van der Waals surface area contributed by atoms with Crippen molar-refractivity contribution in [3.05, 3.63) is 64.2 Å². The van der Waals surface area contributed by atoms with E-state index in [0.717, 1.165) is 28.7 Å². The van der Waals surface area contributed by atoms with Crippen molar-refractivity contribution in [3.63, 3.8) is 0 Å². The third-order valence-electron chi connectivity index (χ3n) is 3.16. The molecule has 0 fully saturated rings. The Balaban J connectivity index is 1.79. The van der Waals surface area contributed by atoms with Gasteiger partial charge < -0.3 is 10.3 Å². The van der Waals surface area contributed by atoms with Gasteiger partial charge in [-0.1, -0.05) is 0 Å². The van der Waals surface area contributed by atoms with E-state index in [-0.39, 0.29) is 0 Å². The second-order valence-corrected chi connectivity index (χ2v) is 4.49. The van der Waals surface area contributed by atoms with Crippen LogP contribution in [0.3, 0.4) is 0 Å². The molecule has 3 rings (SSSR count). The van der Waals surface area contributed by atoms with Gasteiger partial charge in [0.25, 0.3) is 0 Å². The minimum absolute atomic E-state index is 0.461. The number of nitrogens with one attached hydrogen (secondary N) is 2. The molecule has 0 spiro atoms. The molecule has 3 aromatic rings. The van der Waals surface area contributed by atoms with E-state index in [4.69, 9.17) is 0 Å². The van der Waals surface area contributed by atoms with Crippen LogP contribution in [0.15, 0.2) is 42.7 Å². The van der Waals surface area contributed by atoms with Gasteiger partial charge in [0.15, 0.2) is 0 Å². The molecule has 2 aromatic heterocycles. The van der Waals surface area contributed by atoms with E-state index in [2.05, 4.69) is 15.3 Å². The molecule has 6 nitrogen and oxygen atoms in total. The summed E-state index contributed by atoms with van der Waals surface area (Å²) >= 11 is 0. The number of H-pyrrole nitrogens is 1. The summed E-state index contributed by atoms with van der Waals surface area (Å²) in [6, 6.07) is 7.52. The van der Waals surface area contributed by atoms with Crippen LogP contribution < -0.4 is 5.32 Å². The molecule has 0 aliphatic carbocycles. The molecule has 0 unspecified atom stereocenters. The maximum atomic E-state index is 13.5. The molecule has 0 radical (unpaired) electrons. The summed E-state index contributed by atoms with van der Waals surface area (Å²) in [4.78, 5) is 17.0. The van der Waals surface area contributed by atoms with Gasteiger partial charge >= 0.3 is 5.69 Å². The fourth-order valence-electron chi connectivity index (χ4n) is 2.12. The second-order valence-electron chi connectivity index (χ2n) is 4.49. The molecule has 0 aliphatic rings. The number of fused-ring (bicyclic) bond motifs is 1. The van der Waals surface area contributed by atoms with E-state index < -0.39 is 16.4 Å². The highest BCUT2D eigenvalue weighted by Crippen LogP contribution is 2.22. The van der Waals surface area contributed by atoms with E-state index >= 15 is 0 Å². The summed E-state index contributed by atoms with van der Waals surface area (Å²) < 4.78 is 13.5. The van der Waals surface area contributed by atoms with Gasteiger partial charge in [-0.15, -0.1) is 0 Å². The molecule has 21 heavy (non-hydrogen) atoms. The number of pyridine rings is 1. The Bertz CT molecular complexity index is 816. The number of hydrogen-bond donors (Lipinski definition) is 2. The minimum Gasteiger partial charge on any atom is -0.381 e. The number of nitrogens with zero attached hydrogens (tertiary/aromatic N) is 2. The Morgan fingerprint density at radius 3 is 3.00 bits per heavy atom. The van der Waals surface area contributed by atoms with Crippen LogP contribution in [0, 0.1) is 15.9 Å². The standard InChI is InChI=1S/C14H11FN4O2/c15-12-6-10(3-4-13(12)19(20)21)17-7-9-8-18-14-11(9)2-1-5-16-14/h1-6,8,17H,7H2,(H,16,18). The Kier molecular flexibility index (Phi) is 3.23. The normalized spacial score (nSPS) is 10.7. The molecule has 0 bridgehead atoms. The third kappa shape index (κ3) is 2.53. The van der Waals surface area contributed by atoms with Crippen LogP contribution in [0.25, 0.3) is 11.0 Å². The molecule has 1 aromatic carbocycles. The fourth-order valence-corrected chi connectivity index (χ4v) is 2.12. The zero-order valence-electron chi connectivity index (χ0n) is 10.8. The van der Waals surface area contributed by atoms with E-state index in [9.17, 15) is 14.5 Å². The highest BCUT2D eigenvalue weighted by Gasteiger charge is 2.13. The molecular formula is C14H11FN4O2. The van der Waals surface area contributed by atoms with Crippen LogP contribution in [0.1, 0.15) is 5.56 Å². The van der Waals surface area contributed by atoms with Crippen molar-refractivity contribution in [1.29, 1.82) is 0 Å². The number of rotatable bonds is 4. The molecule has 2 heterocycles. The number of halogens is 1. The Morgan fingerprint density at radius 1 is 1.38 bits per heavy atom. The van der Waals surface area contributed by atoms with Crippen molar-refractivity contribution >= 4 is 22.4 Å². The molecule has 0 amide bonds. The first-order chi connectivity index (χ1) is 10.1. The first kappa shape index (κ1) is 13.0. The summed E-state index contributed by atoms with van der Waals surface area (Å²) in [6.45, 7) is 0.461. The quantitative estimate of drug-likeness (QED) is 0.569. The van der Waals surface area contributed by atoms with Gasteiger partial charge in [-0.05, 0) is 23.8 Å². The average molecular weight is 286 g/mol. The molecule has 7 heteroatoms. The second kappa shape index (κ2) is 5.20.